The molecule has 3 rings (SSSR count). The molecule has 24 heavy (non-hydrogen) atoms. The van der Waals surface area contributed by atoms with Crippen molar-refractivity contribution in [1.29, 1.82) is 0 Å². The number of carbonyl (C=O) groups excluding carboxylic acids is 1. The first-order valence-corrected chi connectivity index (χ1v) is 7.64. The summed E-state index contributed by atoms with van der Waals surface area (Å²) in [5.41, 5.74) is 2.84. The lowest BCUT2D eigenvalue weighted by molar-refractivity contribution is 0.102. The van der Waals surface area contributed by atoms with E-state index in [-0.39, 0.29) is 12.5 Å². The molecular formula is C17H15ClN4O2. The number of carbonyl (C=O) groups is 1. The van der Waals surface area contributed by atoms with Gasteiger partial charge in [-0.1, -0.05) is 23.7 Å². The summed E-state index contributed by atoms with van der Waals surface area (Å²) in [5.74, 6) is -0.325. The summed E-state index contributed by atoms with van der Waals surface area (Å²) in [6.45, 7) is 1.61. The maximum Gasteiger partial charge on any atom is 0.259 e. The largest absolute Gasteiger partial charge is 0.392 e. The van der Waals surface area contributed by atoms with Gasteiger partial charge >= 0.3 is 0 Å². The zero-order chi connectivity index (χ0) is 17.1. The quantitative estimate of drug-likeness (QED) is 0.764. The minimum absolute atomic E-state index is 0.185. The lowest BCUT2D eigenvalue weighted by Crippen LogP contribution is -2.14. The average molecular weight is 343 g/mol. The minimum atomic E-state index is -0.325. The Balaban J connectivity index is 1.91. The van der Waals surface area contributed by atoms with E-state index in [0.717, 1.165) is 0 Å². The average Bonchev–Trinajstić information content (AvgIpc) is 2.97. The molecule has 1 amide bonds. The molecule has 0 spiro atoms. The van der Waals surface area contributed by atoms with Crippen LogP contribution in [0, 0.1) is 6.92 Å². The van der Waals surface area contributed by atoms with E-state index < -0.39 is 0 Å². The van der Waals surface area contributed by atoms with E-state index in [0.29, 0.717) is 33.2 Å². The number of para-hydroxylation sites is 1. The smallest absolute Gasteiger partial charge is 0.259 e. The molecule has 0 aliphatic rings. The minimum Gasteiger partial charge on any atom is -0.392 e. The van der Waals surface area contributed by atoms with Gasteiger partial charge in [-0.25, -0.2) is 4.68 Å². The maximum absolute atomic E-state index is 12.5. The van der Waals surface area contributed by atoms with Crippen molar-refractivity contribution in [2.45, 2.75) is 13.5 Å². The molecule has 0 saturated carbocycles. The molecule has 0 aliphatic heterocycles. The highest BCUT2D eigenvalue weighted by atomic mass is 35.5. The van der Waals surface area contributed by atoms with E-state index in [1.165, 1.54) is 12.4 Å². The fourth-order valence-corrected chi connectivity index (χ4v) is 2.58. The number of aliphatic hydroxyl groups excluding tert-OH is 1. The zero-order valence-corrected chi connectivity index (χ0v) is 13.7. The summed E-state index contributed by atoms with van der Waals surface area (Å²) in [5, 5.41) is 16.9. The Labute approximate surface area is 143 Å². The predicted molar refractivity (Wildman–Crippen MR) is 91.4 cm³/mol. The number of rotatable bonds is 4. The number of halogens is 1. The first-order chi connectivity index (χ1) is 11.6. The first-order valence-electron chi connectivity index (χ1n) is 7.26. The monoisotopic (exact) mass is 342 g/mol. The highest BCUT2D eigenvalue weighted by Gasteiger charge is 2.17. The van der Waals surface area contributed by atoms with Crippen LogP contribution in [0.15, 0.2) is 48.9 Å². The normalized spacial score (nSPS) is 10.6. The van der Waals surface area contributed by atoms with Crippen LogP contribution in [0.2, 0.25) is 5.02 Å². The van der Waals surface area contributed by atoms with Gasteiger partial charge in [0.2, 0.25) is 0 Å². The molecule has 0 unspecified atom stereocenters. The third-order valence-corrected chi connectivity index (χ3v) is 3.98. The topological polar surface area (TPSA) is 80.0 Å². The van der Waals surface area contributed by atoms with Crippen LogP contribution >= 0.6 is 11.6 Å². The molecule has 2 N–H and O–H groups in total. The second kappa shape index (κ2) is 6.82. The summed E-state index contributed by atoms with van der Waals surface area (Å²) >= 11 is 6.19. The van der Waals surface area contributed by atoms with Crippen molar-refractivity contribution in [3.8, 4) is 5.69 Å². The number of hydrogen-bond acceptors (Lipinski definition) is 4. The van der Waals surface area contributed by atoms with Crippen molar-refractivity contribution in [3.05, 3.63) is 70.8 Å². The fourth-order valence-electron chi connectivity index (χ4n) is 2.36. The molecule has 0 aliphatic carbocycles. The van der Waals surface area contributed by atoms with E-state index in [9.17, 15) is 9.90 Å². The summed E-state index contributed by atoms with van der Waals surface area (Å²) < 4.78 is 1.62. The van der Waals surface area contributed by atoms with Gasteiger partial charge in [-0.05, 0) is 25.1 Å². The number of pyridine rings is 1. The first kappa shape index (κ1) is 16.2. The third-order valence-electron chi connectivity index (χ3n) is 3.66. The van der Waals surface area contributed by atoms with E-state index in [4.69, 9.17) is 11.6 Å². The molecule has 3 aromatic rings. The molecule has 7 heteroatoms. The van der Waals surface area contributed by atoms with Crippen molar-refractivity contribution in [1.82, 2.24) is 14.8 Å². The second-order valence-electron chi connectivity index (χ2n) is 5.15. The van der Waals surface area contributed by atoms with Crippen molar-refractivity contribution in [3.63, 3.8) is 0 Å². The number of aromatic nitrogens is 3. The van der Waals surface area contributed by atoms with Crippen LogP contribution in [0.4, 0.5) is 5.69 Å². The van der Waals surface area contributed by atoms with Crippen LogP contribution in [0.1, 0.15) is 21.6 Å². The summed E-state index contributed by atoms with van der Waals surface area (Å²) in [6, 6.07) is 8.92. The number of benzene rings is 1. The number of amides is 1. The predicted octanol–water partition coefficient (Wildman–Crippen LogP) is 2.97. The molecule has 6 nitrogen and oxygen atoms in total. The van der Waals surface area contributed by atoms with Gasteiger partial charge in [0.1, 0.15) is 0 Å². The summed E-state index contributed by atoms with van der Waals surface area (Å²) in [4.78, 5) is 16.5. The van der Waals surface area contributed by atoms with Crippen LogP contribution in [-0.2, 0) is 6.61 Å². The van der Waals surface area contributed by atoms with Crippen LogP contribution in [-0.4, -0.2) is 25.8 Å². The van der Waals surface area contributed by atoms with E-state index in [1.54, 1.807) is 29.9 Å². The number of anilines is 1. The molecule has 0 bridgehead atoms. The highest BCUT2D eigenvalue weighted by molar-refractivity contribution is 6.32. The van der Waals surface area contributed by atoms with Crippen LogP contribution in [0.25, 0.3) is 5.69 Å². The van der Waals surface area contributed by atoms with Gasteiger partial charge in [-0.15, -0.1) is 0 Å². The summed E-state index contributed by atoms with van der Waals surface area (Å²) in [7, 11) is 0. The molecule has 1 aromatic carbocycles. The van der Waals surface area contributed by atoms with Crippen molar-refractivity contribution < 1.29 is 9.90 Å². The van der Waals surface area contributed by atoms with Gasteiger partial charge in [-0.2, -0.15) is 5.10 Å². The molecule has 0 atom stereocenters. The Kier molecular flexibility index (Phi) is 4.59. The molecule has 122 valence electrons. The van der Waals surface area contributed by atoms with Gasteiger partial charge in [-0.3, -0.25) is 9.78 Å². The van der Waals surface area contributed by atoms with Crippen molar-refractivity contribution >= 4 is 23.2 Å². The molecule has 2 heterocycles. The molecule has 2 aromatic heterocycles. The SMILES string of the molecule is Cc1c(C(=O)Nc2cnccc2CO)cnn1-c1ccccc1Cl. The molecular weight excluding hydrogens is 328 g/mol. The van der Waals surface area contributed by atoms with Crippen molar-refractivity contribution in [2.75, 3.05) is 5.32 Å². The van der Waals surface area contributed by atoms with Crippen LogP contribution < -0.4 is 5.32 Å². The van der Waals surface area contributed by atoms with Gasteiger partial charge in [0.05, 0.1) is 46.7 Å². The van der Waals surface area contributed by atoms with Gasteiger partial charge in [0.25, 0.3) is 5.91 Å². The lowest BCUT2D eigenvalue weighted by Gasteiger charge is -2.09. The standard InChI is InChI=1S/C17H15ClN4O2/c1-11-13(8-20-22(11)16-5-3-2-4-14(16)18)17(24)21-15-9-19-7-6-12(15)10-23/h2-9,23H,10H2,1H3,(H,21,24). The van der Waals surface area contributed by atoms with E-state index in [1.807, 2.05) is 18.2 Å². The zero-order valence-electron chi connectivity index (χ0n) is 12.9. The molecule has 0 radical (unpaired) electrons. The summed E-state index contributed by atoms with van der Waals surface area (Å²) in [6.07, 6.45) is 4.54. The van der Waals surface area contributed by atoms with E-state index >= 15 is 0 Å². The number of nitrogens with zero attached hydrogens (tertiary/aromatic N) is 3. The Morgan fingerprint density at radius 1 is 1.29 bits per heavy atom. The van der Waals surface area contributed by atoms with Gasteiger partial charge < -0.3 is 10.4 Å². The van der Waals surface area contributed by atoms with Gasteiger partial charge in [0.15, 0.2) is 0 Å². The number of nitrogens with one attached hydrogen (secondary N) is 1. The number of aliphatic hydroxyl groups is 1. The van der Waals surface area contributed by atoms with Crippen LogP contribution in [0.5, 0.6) is 0 Å². The second-order valence-corrected chi connectivity index (χ2v) is 5.56. The van der Waals surface area contributed by atoms with Crippen LogP contribution in [0.3, 0.4) is 0 Å². The van der Waals surface area contributed by atoms with E-state index in [2.05, 4.69) is 15.4 Å². The molecule has 0 fully saturated rings. The highest BCUT2D eigenvalue weighted by Crippen LogP contribution is 2.23. The lowest BCUT2D eigenvalue weighted by atomic mass is 10.2. The fraction of sp³-hybridized carbons (Fsp3) is 0.118. The number of hydrogen-bond donors (Lipinski definition) is 2. The van der Waals surface area contributed by atoms with Gasteiger partial charge in [0, 0.05) is 11.8 Å². The molecule has 0 saturated heterocycles. The third kappa shape index (κ3) is 3.02. The van der Waals surface area contributed by atoms with Crippen molar-refractivity contribution in [2.24, 2.45) is 0 Å². The Bertz CT molecular complexity index is 892. The Hall–Kier alpha value is -2.70. The Morgan fingerprint density at radius 2 is 2.08 bits per heavy atom. The maximum atomic E-state index is 12.5. The Morgan fingerprint density at radius 3 is 2.83 bits per heavy atom.